The molecule has 1 aliphatic heterocycles. The van der Waals surface area contributed by atoms with Gasteiger partial charge in [-0.15, -0.1) is 24.8 Å². The fourth-order valence-corrected chi connectivity index (χ4v) is 2.66. The average molecular weight is 376 g/mol. The first-order chi connectivity index (χ1) is 10.5. The number of amides is 1. The van der Waals surface area contributed by atoms with Gasteiger partial charge in [0.25, 0.3) is 11.5 Å². The Balaban J connectivity index is 0.00000144. The van der Waals surface area contributed by atoms with Crippen LogP contribution in [0, 0.1) is 0 Å². The number of piperazine rings is 1. The lowest BCUT2D eigenvalue weighted by molar-refractivity contribution is 0.0655. The number of nitrogens with zero attached hydrogens (tertiary/aromatic N) is 3. The molecule has 0 aliphatic carbocycles. The van der Waals surface area contributed by atoms with Gasteiger partial charge in [0, 0.05) is 38.9 Å². The fraction of sp³-hybridized carbons (Fsp3) is 0.429. The number of aromatic nitrogens is 3. The zero-order chi connectivity index (χ0) is 15.9. The van der Waals surface area contributed by atoms with Crippen molar-refractivity contribution in [3.8, 4) is 0 Å². The van der Waals surface area contributed by atoms with Gasteiger partial charge in [0.2, 0.25) is 0 Å². The topological polar surface area (TPSA) is 100 Å². The third kappa shape index (κ3) is 3.45. The predicted octanol–water partition coefficient (Wildman–Crippen LogP) is -0.101. The summed E-state index contributed by atoms with van der Waals surface area (Å²) in [5.74, 6) is -0.156. The lowest BCUT2D eigenvalue weighted by atomic mass is 10.1. The number of carbonyl (C=O) groups is 1. The minimum atomic E-state index is -0.534. The molecule has 8 nitrogen and oxygen atoms in total. The summed E-state index contributed by atoms with van der Waals surface area (Å²) in [7, 11) is 1.52. The van der Waals surface area contributed by atoms with E-state index in [-0.39, 0.29) is 47.8 Å². The van der Waals surface area contributed by atoms with Gasteiger partial charge in [-0.2, -0.15) is 0 Å². The molecule has 1 aliphatic rings. The molecule has 1 amide bonds. The van der Waals surface area contributed by atoms with Crippen molar-refractivity contribution in [2.45, 2.75) is 13.0 Å². The third-order valence-electron chi connectivity index (χ3n) is 3.96. The van der Waals surface area contributed by atoms with E-state index in [2.05, 4.69) is 15.3 Å². The molecule has 0 unspecified atom stereocenters. The number of aromatic amines is 1. The van der Waals surface area contributed by atoms with Gasteiger partial charge in [-0.3, -0.25) is 19.1 Å². The maximum Gasteiger partial charge on any atom is 0.329 e. The Hall–Kier alpha value is -1.90. The van der Waals surface area contributed by atoms with Crippen LogP contribution in [0.25, 0.3) is 11.0 Å². The Kier molecular flexibility index (Phi) is 6.53. The minimum Gasteiger partial charge on any atom is -0.333 e. The number of aryl methyl sites for hydroxylation is 1. The molecule has 0 bridgehead atoms. The van der Waals surface area contributed by atoms with Crippen molar-refractivity contribution in [2.75, 3.05) is 19.6 Å². The third-order valence-corrected chi connectivity index (χ3v) is 3.96. The molecular weight excluding hydrogens is 357 g/mol. The van der Waals surface area contributed by atoms with Crippen molar-refractivity contribution in [2.24, 2.45) is 7.05 Å². The molecule has 1 saturated heterocycles. The van der Waals surface area contributed by atoms with E-state index in [4.69, 9.17) is 0 Å². The first-order valence-electron chi connectivity index (χ1n) is 7.10. The predicted molar refractivity (Wildman–Crippen MR) is 95.5 cm³/mol. The van der Waals surface area contributed by atoms with Gasteiger partial charge in [0.15, 0.2) is 0 Å². The summed E-state index contributed by atoms with van der Waals surface area (Å²) in [5.41, 5.74) is -0.447. The molecule has 0 aromatic carbocycles. The summed E-state index contributed by atoms with van der Waals surface area (Å²) >= 11 is 0. The number of H-pyrrole nitrogens is 1. The molecule has 0 spiro atoms. The van der Waals surface area contributed by atoms with Gasteiger partial charge >= 0.3 is 5.69 Å². The van der Waals surface area contributed by atoms with E-state index in [0.29, 0.717) is 12.1 Å². The molecule has 132 valence electrons. The zero-order valence-corrected chi connectivity index (χ0v) is 14.9. The maximum atomic E-state index is 12.6. The molecule has 24 heavy (non-hydrogen) atoms. The molecule has 0 saturated carbocycles. The number of fused-ring (bicyclic) bond motifs is 1. The van der Waals surface area contributed by atoms with E-state index in [0.717, 1.165) is 13.1 Å². The normalized spacial score (nSPS) is 17.1. The van der Waals surface area contributed by atoms with Gasteiger partial charge in [0.05, 0.1) is 10.9 Å². The number of carbonyl (C=O) groups excluding carboxylic acids is 1. The average Bonchev–Trinajstić information content (AvgIpc) is 2.52. The van der Waals surface area contributed by atoms with Crippen LogP contribution in [-0.2, 0) is 7.05 Å². The number of pyridine rings is 1. The monoisotopic (exact) mass is 375 g/mol. The van der Waals surface area contributed by atoms with Crippen LogP contribution < -0.4 is 16.6 Å². The lowest BCUT2D eigenvalue weighted by Gasteiger charge is -2.34. The van der Waals surface area contributed by atoms with Crippen LogP contribution in [0.15, 0.2) is 21.9 Å². The molecule has 2 N–H and O–H groups in total. The number of hydrogen-bond donors (Lipinski definition) is 2. The summed E-state index contributed by atoms with van der Waals surface area (Å²) in [5, 5.41) is 3.45. The zero-order valence-electron chi connectivity index (χ0n) is 13.2. The Bertz CT molecular complexity index is 864. The number of rotatable bonds is 1. The fourth-order valence-electron chi connectivity index (χ4n) is 2.66. The molecule has 2 aromatic heterocycles. The lowest BCUT2D eigenvalue weighted by Crippen LogP contribution is -2.52. The van der Waals surface area contributed by atoms with Crippen molar-refractivity contribution in [3.05, 3.63) is 38.7 Å². The summed E-state index contributed by atoms with van der Waals surface area (Å²) < 4.78 is 1.25. The van der Waals surface area contributed by atoms with Crippen LogP contribution in [0.4, 0.5) is 0 Å². The van der Waals surface area contributed by atoms with Gasteiger partial charge in [-0.05, 0) is 13.0 Å². The van der Waals surface area contributed by atoms with E-state index in [1.165, 1.54) is 23.9 Å². The highest BCUT2D eigenvalue weighted by Gasteiger charge is 2.24. The molecule has 1 fully saturated rings. The highest BCUT2D eigenvalue weighted by atomic mass is 35.5. The molecule has 3 heterocycles. The van der Waals surface area contributed by atoms with Crippen molar-refractivity contribution in [1.29, 1.82) is 0 Å². The van der Waals surface area contributed by atoms with E-state index in [1.807, 2.05) is 6.92 Å². The van der Waals surface area contributed by atoms with E-state index in [9.17, 15) is 14.4 Å². The van der Waals surface area contributed by atoms with Crippen LogP contribution in [0.5, 0.6) is 0 Å². The number of nitrogens with one attached hydrogen (secondary N) is 2. The minimum absolute atomic E-state index is 0. The van der Waals surface area contributed by atoms with Gasteiger partial charge in [0.1, 0.15) is 5.65 Å². The molecule has 10 heteroatoms. The summed E-state index contributed by atoms with van der Waals surface area (Å²) in [4.78, 5) is 44.2. The Morgan fingerprint density at radius 1 is 1.33 bits per heavy atom. The second-order valence-corrected chi connectivity index (χ2v) is 5.47. The van der Waals surface area contributed by atoms with Crippen LogP contribution in [0.2, 0.25) is 0 Å². The summed E-state index contributed by atoms with van der Waals surface area (Å²) in [6, 6.07) is 1.58. The van der Waals surface area contributed by atoms with E-state index >= 15 is 0 Å². The summed E-state index contributed by atoms with van der Waals surface area (Å²) in [6.45, 7) is 4.06. The van der Waals surface area contributed by atoms with Crippen LogP contribution in [-0.4, -0.2) is 51.0 Å². The first kappa shape index (κ1) is 20.1. The van der Waals surface area contributed by atoms with Crippen LogP contribution in [0.3, 0.4) is 0 Å². The van der Waals surface area contributed by atoms with Crippen molar-refractivity contribution < 1.29 is 4.79 Å². The smallest absolute Gasteiger partial charge is 0.329 e. The standard InChI is InChI=1S/C14H17N5O3.2ClH/c1-8-6-15-3-4-19(8)13(21)9-5-10-11(16-7-9)18(2)14(22)17-12(10)20;;/h5,7-8,15H,3-4,6H2,1-2H3,(H,17,20,22);2*1H/t8-;;/m0../s1. The van der Waals surface area contributed by atoms with Crippen LogP contribution >= 0.6 is 24.8 Å². The Morgan fingerprint density at radius 2 is 2.04 bits per heavy atom. The Labute approximate surface area is 150 Å². The first-order valence-corrected chi connectivity index (χ1v) is 7.10. The second kappa shape index (κ2) is 7.78. The molecular formula is C14H19Cl2N5O3. The van der Waals surface area contributed by atoms with E-state index < -0.39 is 11.2 Å². The van der Waals surface area contributed by atoms with Crippen molar-refractivity contribution in [1.82, 2.24) is 24.8 Å². The molecule has 3 rings (SSSR count). The van der Waals surface area contributed by atoms with E-state index in [1.54, 1.807) is 4.90 Å². The van der Waals surface area contributed by atoms with Crippen LogP contribution in [0.1, 0.15) is 17.3 Å². The molecule has 2 aromatic rings. The highest BCUT2D eigenvalue weighted by molar-refractivity contribution is 5.97. The Morgan fingerprint density at radius 3 is 2.71 bits per heavy atom. The van der Waals surface area contributed by atoms with Crippen molar-refractivity contribution >= 4 is 41.8 Å². The van der Waals surface area contributed by atoms with Gasteiger partial charge in [-0.25, -0.2) is 9.78 Å². The maximum absolute atomic E-state index is 12.6. The number of hydrogen-bond acceptors (Lipinski definition) is 5. The van der Waals surface area contributed by atoms with Gasteiger partial charge in [-0.1, -0.05) is 0 Å². The number of halogens is 2. The second-order valence-electron chi connectivity index (χ2n) is 5.47. The molecule has 0 radical (unpaired) electrons. The molecule has 1 atom stereocenters. The quantitative estimate of drug-likeness (QED) is 0.724. The summed E-state index contributed by atoms with van der Waals surface area (Å²) in [6.07, 6.45) is 1.41. The largest absolute Gasteiger partial charge is 0.333 e. The van der Waals surface area contributed by atoms with Crippen molar-refractivity contribution in [3.63, 3.8) is 0 Å². The highest BCUT2D eigenvalue weighted by Crippen LogP contribution is 2.12. The van der Waals surface area contributed by atoms with Gasteiger partial charge < -0.3 is 10.2 Å². The SMILES string of the molecule is C[C@H]1CNCCN1C(=O)c1cnc2c(c1)c(=O)[nH]c(=O)n2C.Cl.Cl.